The van der Waals surface area contributed by atoms with Crippen LogP contribution in [0.5, 0.6) is 0 Å². The number of likely N-dealkylation sites (tertiary alicyclic amines) is 1. The molecule has 3 fully saturated rings. The number of carbonyl (C=O) groups is 1. The zero-order chi connectivity index (χ0) is 32.1. The van der Waals surface area contributed by atoms with Crippen molar-refractivity contribution < 1.29 is 18.0 Å². The molecule has 0 aliphatic carbocycles. The zero-order valence-corrected chi connectivity index (χ0v) is 25.9. The second-order valence-electron chi connectivity index (χ2n) is 13.2. The van der Waals surface area contributed by atoms with Crippen molar-refractivity contribution in [2.24, 2.45) is 5.41 Å². The summed E-state index contributed by atoms with van der Waals surface area (Å²) in [4.78, 5) is 27.4. The van der Waals surface area contributed by atoms with Crippen molar-refractivity contribution in [3.05, 3.63) is 65.1 Å². The van der Waals surface area contributed by atoms with E-state index in [1.54, 1.807) is 12.1 Å². The number of hydrogen-bond donors (Lipinski definition) is 1. The van der Waals surface area contributed by atoms with Crippen LogP contribution in [0.15, 0.2) is 42.7 Å². The van der Waals surface area contributed by atoms with E-state index in [1.165, 1.54) is 23.5 Å². The maximum Gasteiger partial charge on any atom is 0.393 e. The van der Waals surface area contributed by atoms with Gasteiger partial charge >= 0.3 is 6.18 Å². The number of carbonyl (C=O) groups excluding carboxylic acids is 1. The highest BCUT2D eigenvalue weighted by Gasteiger charge is 2.45. The molecule has 0 atom stereocenters. The fourth-order valence-corrected chi connectivity index (χ4v) is 7.49. The Morgan fingerprint density at radius 1 is 1.00 bits per heavy atom. The molecule has 1 spiro atoms. The Morgan fingerprint density at radius 2 is 1.80 bits per heavy atom. The van der Waals surface area contributed by atoms with Gasteiger partial charge in [-0.2, -0.15) is 18.4 Å². The van der Waals surface area contributed by atoms with E-state index >= 15 is 0 Å². The summed E-state index contributed by atoms with van der Waals surface area (Å²) in [7, 11) is 0. The van der Waals surface area contributed by atoms with Gasteiger partial charge in [0.1, 0.15) is 23.9 Å². The van der Waals surface area contributed by atoms with Crippen LogP contribution < -0.4 is 10.2 Å². The number of anilines is 1. The summed E-state index contributed by atoms with van der Waals surface area (Å²) in [5, 5.41) is 14.5. The monoisotopic (exact) mass is 630 g/mol. The molecule has 7 rings (SSSR count). The van der Waals surface area contributed by atoms with Crippen molar-refractivity contribution in [2.45, 2.75) is 45.5 Å². The molecule has 0 radical (unpaired) electrons. The van der Waals surface area contributed by atoms with Gasteiger partial charge in [0.05, 0.1) is 18.5 Å². The largest absolute Gasteiger partial charge is 0.393 e. The first kappa shape index (κ1) is 30.4. The summed E-state index contributed by atoms with van der Waals surface area (Å²) in [5.41, 5.74) is 5.21. The number of halogens is 3. The molecular weight excluding hydrogens is 593 g/mol. The van der Waals surface area contributed by atoms with Gasteiger partial charge in [-0.05, 0) is 73.8 Å². The maximum absolute atomic E-state index is 13.0. The van der Waals surface area contributed by atoms with Gasteiger partial charge < -0.3 is 14.8 Å². The average molecular weight is 631 g/mol. The number of amides is 1. The van der Waals surface area contributed by atoms with E-state index in [9.17, 15) is 23.2 Å². The number of nitrogens with zero attached hydrogens (tertiary/aromatic N) is 7. The summed E-state index contributed by atoms with van der Waals surface area (Å²) in [6, 6.07) is 13.4. The topological polar surface area (TPSA) is 93.3 Å². The number of nitriles is 1. The average Bonchev–Trinajstić information content (AvgIpc) is 3.38. The summed E-state index contributed by atoms with van der Waals surface area (Å²) in [6.45, 7) is 9.84. The van der Waals surface area contributed by atoms with E-state index in [4.69, 9.17) is 0 Å². The van der Waals surface area contributed by atoms with E-state index in [2.05, 4.69) is 59.7 Å². The van der Waals surface area contributed by atoms with Crippen molar-refractivity contribution in [1.82, 2.24) is 29.7 Å². The molecule has 0 unspecified atom stereocenters. The molecule has 4 aromatic rings. The molecule has 2 aromatic carbocycles. The van der Waals surface area contributed by atoms with Crippen LogP contribution in [0.25, 0.3) is 21.8 Å². The molecule has 3 aliphatic heterocycles. The standard InChI is InChI=1S/C34H37F3N8O/c1-23-25(3-5-30-27(23)15-26(17-38)45(30)13-12-43-11-8-39-31(46)19-43)18-42-9-6-33(7-10-42)20-44(21-33)32-28-14-24(16-34(35,36)37)2-4-29(28)40-22-41-32/h2-5,14-15,22H,6-13,16,18-21H2,1H3,(H,39,46). The number of hydrogen-bond acceptors (Lipinski definition) is 7. The van der Waals surface area contributed by atoms with Gasteiger partial charge in [0.25, 0.3) is 0 Å². The quantitative estimate of drug-likeness (QED) is 0.324. The van der Waals surface area contributed by atoms with E-state index in [0.29, 0.717) is 42.8 Å². The minimum atomic E-state index is -4.26. The van der Waals surface area contributed by atoms with Gasteiger partial charge in [-0.3, -0.25) is 14.6 Å². The van der Waals surface area contributed by atoms with Crippen LogP contribution >= 0.6 is 0 Å². The molecule has 46 heavy (non-hydrogen) atoms. The Kier molecular flexibility index (Phi) is 7.85. The molecular formula is C34H37F3N8O. The number of piperidine rings is 1. The lowest BCUT2D eigenvalue weighted by Crippen LogP contribution is -2.60. The Hall–Kier alpha value is -4.21. The first-order valence-electron chi connectivity index (χ1n) is 15.9. The summed E-state index contributed by atoms with van der Waals surface area (Å²) < 4.78 is 41.2. The Bertz CT molecular complexity index is 1830. The second-order valence-corrected chi connectivity index (χ2v) is 13.2. The Labute approximate surface area is 265 Å². The van der Waals surface area contributed by atoms with Crippen LogP contribution in [0, 0.1) is 23.7 Å². The second kappa shape index (κ2) is 11.9. The number of rotatable bonds is 7. The first-order chi connectivity index (χ1) is 22.1. The summed E-state index contributed by atoms with van der Waals surface area (Å²) in [5.74, 6) is 0.764. The van der Waals surface area contributed by atoms with E-state index in [-0.39, 0.29) is 16.9 Å². The molecule has 1 amide bonds. The van der Waals surface area contributed by atoms with Crippen molar-refractivity contribution in [3.8, 4) is 6.07 Å². The third kappa shape index (κ3) is 6.01. The SMILES string of the molecule is Cc1c(CN2CCC3(CC2)CN(c2ncnc4ccc(CC(F)(F)F)cc24)C3)ccc2c1cc(C#N)n2CCN1CCNC(=O)C1. The van der Waals surface area contributed by atoms with Gasteiger partial charge in [0.15, 0.2) is 0 Å². The lowest BCUT2D eigenvalue weighted by atomic mass is 9.72. The predicted molar refractivity (Wildman–Crippen MR) is 169 cm³/mol. The molecule has 9 nitrogen and oxygen atoms in total. The molecule has 240 valence electrons. The van der Waals surface area contributed by atoms with Gasteiger partial charge in [0, 0.05) is 67.5 Å². The number of aromatic nitrogens is 3. The highest BCUT2D eigenvalue weighted by Crippen LogP contribution is 2.44. The van der Waals surface area contributed by atoms with Crippen molar-refractivity contribution >= 4 is 33.5 Å². The Morgan fingerprint density at radius 3 is 2.54 bits per heavy atom. The van der Waals surface area contributed by atoms with Gasteiger partial charge in [0.2, 0.25) is 5.91 Å². The van der Waals surface area contributed by atoms with Crippen LogP contribution in [0.4, 0.5) is 19.0 Å². The van der Waals surface area contributed by atoms with Gasteiger partial charge in [-0.1, -0.05) is 12.1 Å². The highest BCUT2D eigenvalue weighted by atomic mass is 19.4. The van der Waals surface area contributed by atoms with Crippen molar-refractivity contribution in [3.63, 3.8) is 0 Å². The zero-order valence-electron chi connectivity index (χ0n) is 25.9. The maximum atomic E-state index is 13.0. The third-order valence-corrected chi connectivity index (χ3v) is 10.1. The van der Waals surface area contributed by atoms with Crippen LogP contribution in [-0.4, -0.2) is 88.8 Å². The molecule has 1 N–H and O–H groups in total. The highest BCUT2D eigenvalue weighted by molar-refractivity contribution is 5.90. The van der Waals surface area contributed by atoms with Crippen LogP contribution in [0.1, 0.15) is 35.2 Å². The van der Waals surface area contributed by atoms with E-state index in [1.807, 2.05) is 6.07 Å². The van der Waals surface area contributed by atoms with Crippen LogP contribution in [0.2, 0.25) is 0 Å². The van der Waals surface area contributed by atoms with Crippen LogP contribution in [0.3, 0.4) is 0 Å². The minimum Gasteiger partial charge on any atom is -0.355 e. The van der Waals surface area contributed by atoms with Crippen molar-refractivity contribution in [2.75, 3.05) is 57.3 Å². The number of aryl methyl sites for hydroxylation is 1. The first-order valence-corrected chi connectivity index (χ1v) is 15.9. The number of nitrogens with one attached hydrogen (secondary N) is 1. The molecule has 0 saturated carbocycles. The lowest BCUT2D eigenvalue weighted by Gasteiger charge is -2.54. The van der Waals surface area contributed by atoms with Crippen LogP contribution in [-0.2, 0) is 24.3 Å². The molecule has 12 heteroatoms. The lowest BCUT2D eigenvalue weighted by molar-refractivity contribution is -0.127. The molecule has 3 saturated heterocycles. The number of fused-ring (bicyclic) bond motifs is 2. The predicted octanol–water partition coefficient (Wildman–Crippen LogP) is 4.40. The third-order valence-electron chi connectivity index (χ3n) is 10.1. The molecule has 5 heterocycles. The molecule has 0 bridgehead atoms. The number of alkyl halides is 3. The van der Waals surface area contributed by atoms with Crippen molar-refractivity contribution in [1.29, 1.82) is 5.26 Å². The number of benzene rings is 2. The molecule has 2 aromatic heterocycles. The van der Waals surface area contributed by atoms with Gasteiger partial charge in [-0.15, -0.1) is 0 Å². The normalized spacial score (nSPS) is 19.0. The smallest absolute Gasteiger partial charge is 0.355 e. The molecule has 3 aliphatic rings. The summed E-state index contributed by atoms with van der Waals surface area (Å²) in [6.07, 6.45) is -1.63. The minimum absolute atomic E-state index is 0.0451. The fraction of sp³-hybridized carbons (Fsp3) is 0.471. The summed E-state index contributed by atoms with van der Waals surface area (Å²) >= 11 is 0. The van der Waals surface area contributed by atoms with E-state index in [0.717, 1.165) is 68.8 Å². The van der Waals surface area contributed by atoms with Gasteiger partial charge in [-0.25, -0.2) is 9.97 Å². The Balaban J connectivity index is 0.989. The fourth-order valence-electron chi connectivity index (χ4n) is 7.49. The van der Waals surface area contributed by atoms with E-state index < -0.39 is 12.6 Å². The number of piperazine rings is 1.